The van der Waals surface area contributed by atoms with Gasteiger partial charge in [-0.1, -0.05) is 13.0 Å². The molecule has 3 heteroatoms. The molecular formula is C9H13FN2. The van der Waals surface area contributed by atoms with Crippen molar-refractivity contribution in [3.63, 3.8) is 0 Å². The first kappa shape index (κ1) is 9.13. The highest BCUT2D eigenvalue weighted by atomic mass is 19.1. The molecule has 12 heavy (non-hydrogen) atoms. The molecule has 1 unspecified atom stereocenters. The Morgan fingerprint density at radius 2 is 2.42 bits per heavy atom. The van der Waals surface area contributed by atoms with Gasteiger partial charge in [-0.25, -0.2) is 4.98 Å². The minimum atomic E-state index is -0.401. The smallest absolute Gasteiger partial charge is 0.216 e. The predicted molar refractivity (Wildman–Crippen MR) is 46.2 cm³/mol. The number of hydrogen-bond acceptors (Lipinski definition) is 2. The molecule has 1 aromatic rings. The largest absolute Gasteiger partial charge is 0.327 e. The van der Waals surface area contributed by atoms with Crippen molar-refractivity contribution in [3.8, 4) is 0 Å². The van der Waals surface area contributed by atoms with Crippen molar-refractivity contribution < 1.29 is 4.39 Å². The molecular weight excluding hydrogens is 155 g/mol. The van der Waals surface area contributed by atoms with Crippen LogP contribution in [0.3, 0.4) is 0 Å². The van der Waals surface area contributed by atoms with Gasteiger partial charge >= 0.3 is 0 Å². The fourth-order valence-electron chi connectivity index (χ4n) is 0.998. The molecule has 1 aromatic heterocycles. The van der Waals surface area contributed by atoms with Gasteiger partial charge < -0.3 is 5.73 Å². The van der Waals surface area contributed by atoms with E-state index < -0.39 is 5.95 Å². The quantitative estimate of drug-likeness (QED) is 0.695. The Labute approximate surface area is 71.6 Å². The first-order chi connectivity index (χ1) is 5.74. The lowest BCUT2D eigenvalue weighted by Crippen LogP contribution is -2.22. The molecule has 0 spiro atoms. The number of rotatable bonds is 3. The SMILES string of the molecule is CCC(N)Cc1cccnc1F. The highest BCUT2D eigenvalue weighted by Gasteiger charge is 2.05. The van der Waals surface area contributed by atoms with Gasteiger partial charge in [0.25, 0.3) is 0 Å². The average molecular weight is 168 g/mol. The summed E-state index contributed by atoms with van der Waals surface area (Å²) < 4.78 is 12.9. The summed E-state index contributed by atoms with van der Waals surface area (Å²) in [7, 11) is 0. The van der Waals surface area contributed by atoms with Crippen molar-refractivity contribution in [2.24, 2.45) is 5.73 Å². The summed E-state index contributed by atoms with van der Waals surface area (Å²) in [6, 6.07) is 3.47. The van der Waals surface area contributed by atoms with Crippen LogP contribution in [0.2, 0.25) is 0 Å². The number of hydrogen-bond donors (Lipinski definition) is 1. The lowest BCUT2D eigenvalue weighted by Gasteiger charge is -2.07. The number of nitrogens with zero attached hydrogens (tertiary/aromatic N) is 1. The van der Waals surface area contributed by atoms with Gasteiger partial charge in [-0.15, -0.1) is 0 Å². The van der Waals surface area contributed by atoms with E-state index in [1.165, 1.54) is 6.20 Å². The van der Waals surface area contributed by atoms with Gasteiger partial charge in [0.15, 0.2) is 0 Å². The van der Waals surface area contributed by atoms with Crippen LogP contribution in [0, 0.1) is 5.95 Å². The number of halogens is 1. The molecule has 0 amide bonds. The summed E-state index contributed by atoms with van der Waals surface area (Å²) in [6.45, 7) is 1.99. The van der Waals surface area contributed by atoms with Crippen LogP contribution in [-0.4, -0.2) is 11.0 Å². The highest BCUT2D eigenvalue weighted by molar-refractivity contribution is 5.11. The summed E-state index contributed by atoms with van der Waals surface area (Å²) in [5.74, 6) is -0.401. The lowest BCUT2D eigenvalue weighted by atomic mass is 10.1. The van der Waals surface area contributed by atoms with E-state index in [1.807, 2.05) is 6.92 Å². The van der Waals surface area contributed by atoms with Crippen LogP contribution in [-0.2, 0) is 6.42 Å². The van der Waals surface area contributed by atoms with Gasteiger partial charge in [0, 0.05) is 17.8 Å². The second-order valence-corrected chi connectivity index (χ2v) is 2.83. The van der Waals surface area contributed by atoms with Gasteiger partial charge in [0.2, 0.25) is 5.95 Å². The lowest BCUT2D eigenvalue weighted by molar-refractivity contribution is 0.546. The molecule has 66 valence electrons. The van der Waals surface area contributed by atoms with Crippen molar-refractivity contribution >= 4 is 0 Å². The molecule has 0 aliphatic heterocycles. The Morgan fingerprint density at radius 3 is 3.00 bits per heavy atom. The van der Waals surface area contributed by atoms with Crippen molar-refractivity contribution in [1.82, 2.24) is 4.98 Å². The van der Waals surface area contributed by atoms with Crippen molar-refractivity contribution in [2.45, 2.75) is 25.8 Å². The molecule has 0 bridgehead atoms. The molecule has 1 atom stereocenters. The summed E-state index contributed by atoms with van der Waals surface area (Å²) in [4.78, 5) is 3.54. The van der Waals surface area contributed by atoms with Crippen LogP contribution in [0.1, 0.15) is 18.9 Å². The summed E-state index contributed by atoms with van der Waals surface area (Å²) in [5.41, 5.74) is 6.28. The van der Waals surface area contributed by atoms with E-state index in [2.05, 4.69) is 4.98 Å². The molecule has 0 aromatic carbocycles. The zero-order chi connectivity index (χ0) is 8.97. The zero-order valence-electron chi connectivity index (χ0n) is 7.13. The van der Waals surface area contributed by atoms with Crippen LogP contribution in [0.15, 0.2) is 18.3 Å². The van der Waals surface area contributed by atoms with Gasteiger partial charge in [-0.05, 0) is 18.9 Å². The maximum absolute atomic E-state index is 12.9. The van der Waals surface area contributed by atoms with E-state index in [0.29, 0.717) is 12.0 Å². The number of nitrogens with two attached hydrogens (primary N) is 1. The Kier molecular flexibility index (Phi) is 3.17. The summed E-state index contributed by atoms with van der Waals surface area (Å²) in [5, 5.41) is 0. The fraction of sp³-hybridized carbons (Fsp3) is 0.444. The van der Waals surface area contributed by atoms with Crippen LogP contribution in [0.4, 0.5) is 4.39 Å². The third-order valence-electron chi connectivity index (χ3n) is 1.84. The highest BCUT2D eigenvalue weighted by Crippen LogP contribution is 2.06. The average Bonchev–Trinajstić information content (AvgIpc) is 2.09. The second kappa shape index (κ2) is 4.16. The first-order valence-electron chi connectivity index (χ1n) is 4.09. The van der Waals surface area contributed by atoms with E-state index in [1.54, 1.807) is 12.1 Å². The summed E-state index contributed by atoms with van der Waals surface area (Å²) in [6.07, 6.45) is 2.86. The van der Waals surface area contributed by atoms with Crippen LogP contribution < -0.4 is 5.73 Å². The molecule has 1 rings (SSSR count). The molecule has 2 N–H and O–H groups in total. The Hall–Kier alpha value is -0.960. The Morgan fingerprint density at radius 1 is 1.67 bits per heavy atom. The van der Waals surface area contributed by atoms with E-state index in [4.69, 9.17) is 5.73 Å². The van der Waals surface area contributed by atoms with E-state index in [0.717, 1.165) is 6.42 Å². The van der Waals surface area contributed by atoms with E-state index in [9.17, 15) is 4.39 Å². The maximum Gasteiger partial charge on any atom is 0.216 e. The summed E-state index contributed by atoms with van der Waals surface area (Å²) >= 11 is 0. The predicted octanol–water partition coefficient (Wildman–Crippen LogP) is 1.50. The Balaban J connectivity index is 2.69. The minimum Gasteiger partial charge on any atom is -0.327 e. The monoisotopic (exact) mass is 168 g/mol. The van der Waals surface area contributed by atoms with E-state index >= 15 is 0 Å². The molecule has 1 heterocycles. The van der Waals surface area contributed by atoms with Crippen LogP contribution in [0.5, 0.6) is 0 Å². The molecule has 0 saturated heterocycles. The standard InChI is InChI=1S/C9H13FN2/c1-2-8(11)6-7-4-3-5-12-9(7)10/h3-5,8H,2,6,11H2,1H3. The van der Waals surface area contributed by atoms with E-state index in [-0.39, 0.29) is 6.04 Å². The molecule has 0 radical (unpaired) electrons. The Bertz CT molecular complexity index is 250. The zero-order valence-corrected chi connectivity index (χ0v) is 7.13. The molecule has 0 aliphatic rings. The molecule has 2 nitrogen and oxygen atoms in total. The molecule has 0 saturated carbocycles. The topological polar surface area (TPSA) is 38.9 Å². The third kappa shape index (κ3) is 2.27. The number of pyridine rings is 1. The normalized spacial score (nSPS) is 12.9. The molecule has 0 fully saturated rings. The van der Waals surface area contributed by atoms with Gasteiger partial charge in [-0.2, -0.15) is 4.39 Å². The van der Waals surface area contributed by atoms with Gasteiger partial charge in [0.1, 0.15) is 0 Å². The number of aromatic nitrogens is 1. The fourth-order valence-corrected chi connectivity index (χ4v) is 0.998. The second-order valence-electron chi connectivity index (χ2n) is 2.83. The van der Waals surface area contributed by atoms with Crippen molar-refractivity contribution in [2.75, 3.05) is 0 Å². The van der Waals surface area contributed by atoms with Gasteiger partial charge in [-0.3, -0.25) is 0 Å². The first-order valence-corrected chi connectivity index (χ1v) is 4.09. The third-order valence-corrected chi connectivity index (χ3v) is 1.84. The van der Waals surface area contributed by atoms with Gasteiger partial charge in [0.05, 0.1) is 0 Å². The van der Waals surface area contributed by atoms with Crippen molar-refractivity contribution in [3.05, 3.63) is 29.8 Å². The van der Waals surface area contributed by atoms with Crippen LogP contribution >= 0.6 is 0 Å². The van der Waals surface area contributed by atoms with Crippen LogP contribution in [0.25, 0.3) is 0 Å². The minimum absolute atomic E-state index is 0.0312. The van der Waals surface area contributed by atoms with Crippen molar-refractivity contribution in [1.29, 1.82) is 0 Å². The molecule has 0 aliphatic carbocycles. The maximum atomic E-state index is 12.9.